The van der Waals surface area contributed by atoms with Gasteiger partial charge in [0, 0.05) is 16.9 Å². The number of benzene rings is 2. The first-order chi connectivity index (χ1) is 14.5. The van der Waals surface area contributed by atoms with Crippen LogP contribution in [0.4, 0.5) is 5.13 Å². The third kappa shape index (κ3) is 4.77. The van der Waals surface area contributed by atoms with Gasteiger partial charge in [-0.2, -0.15) is 0 Å². The molecule has 30 heavy (non-hydrogen) atoms. The molecule has 0 radical (unpaired) electrons. The van der Waals surface area contributed by atoms with Crippen LogP contribution in [0.15, 0.2) is 71.5 Å². The zero-order valence-electron chi connectivity index (χ0n) is 16.9. The van der Waals surface area contributed by atoms with Gasteiger partial charge in [0.25, 0.3) is 0 Å². The lowest BCUT2D eigenvalue weighted by molar-refractivity contribution is -0.118. The van der Waals surface area contributed by atoms with Crippen LogP contribution in [-0.2, 0) is 17.8 Å². The fourth-order valence-corrected chi connectivity index (χ4v) is 4.76. The van der Waals surface area contributed by atoms with E-state index < -0.39 is 0 Å². The van der Waals surface area contributed by atoms with E-state index in [1.165, 1.54) is 16.9 Å². The molecule has 0 saturated carbocycles. The Morgan fingerprint density at radius 2 is 1.90 bits per heavy atom. The number of pyridine rings is 1. The molecule has 0 unspecified atom stereocenters. The van der Waals surface area contributed by atoms with Crippen molar-refractivity contribution in [2.45, 2.75) is 32.7 Å². The minimum absolute atomic E-state index is 0.0225. The number of amides is 1. The molecule has 1 amide bonds. The second-order valence-corrected chi connectivity index (χ2v) is 9.45. The van der Waals surface area contributed by atoms with E-state index in [2.05, 4.69) is 46.9 Å². The first-order valence-electron chi connectivity index (χ1n) is 9.84. The predicted octanol–water partition coefficient (Wildman–Crippen LogP) is 6.35. The molecule has 152 valence electrons. The zero-order valence-corrected chi connectivity index (χ0v) is 19.3. The monoisotopic (exact) mass is 479 g/mol. The summed E-state index contributed by atoms with van der Waals surface area (Å²) in [4.78, 5) is 24.0. The summed E-state index contributed by atoms with van der Waals surface area (Å²) in [6, 6.07) is 18.1. The van der Waals surface area contributed by atoms with Crippen molar-refractivity contribution < 1.29 is 4.79 Å². The Morgan fingerprint density at radius 3 is 2.60 bits per heavy atom. The molecule has 0 bridgehead atoms. The van der Waals surface area contributed by atoms with Gasteiger partial charge in [-0.25, -0.2) is 4.98 Å². The second-order valence-electron chi connectivity index (χ2n) is 7.52. The highest BCUT2D eigenvalue weighted by atomic mass is 79.9. The lowest BCUT2D eigenvalue weighted by Crippen LogP contribution is -2.31. The quantitative estimate of drug-likeness (QED) is 0.323. The van der Waals surface area contributed by atoms with Crippen molar-refractivity contribution in [1.82, 2.24) is 9.97 Å². The molecule has 0 spiro atoms. The maximum atomic E-state index is 13.3. The fraction of sp³-hybridized carbons (Fsp3) is 0.208. The van der Waals surface area contributed by atoms with Crippen LogP contribution < -0.4 is 4.90 Å². The average Bonchev–Trinajstić information content (AvgIpc) is 3.15. The van der Waals surface area contributed by atoms with Gasteiger partial charge in [-0.05, 0) is 46.9 Å². The highest BCUT2D eigenvalue weighted by Gasteiger charge is 2.21. The van der Waals surface area contributed by atoms with E-state index in [1.54, 1.807) is 17.3 Å². The van der Waals surface area contributed by atoms with E-state index >= 15 is 0 Å². The van der Waals surface area contributed by atoms with E-state index in [0.29, 0.717) is 24.0 Å². The number of rotatable bonds is 6. The van der Waals surface area contributed by atoms with Crippen molar-refractivity contribution >= 4 is 48.5 Å². The summed E-state index contributed by atoms with van der Waals surface area (Å²) in [5.74, 6) is 0.494. The Kier molecular flexibility index (Phi) is 6.25. The van der Waals surface area contributed by atoms with Crippen molar-refractivity contribution in [2.24, 2.45) is 0 Å². The first-order valence-corrected chi connectivity index (χ1v) is 11.4. The highest BCUT2D eigenvalue weighted by molar-refractivity contribution is 9.10. The van der Waals surface area contributed by atoms with Crippen molar-refractivity contribution in [2.75, 3.05) is 4.90 Å². The first kappa shape index (κ1) is 20.7. The van der Waals surface area contributed by atoms with Gasteiger partial charge < -0.3 is 0 Å². The summed E-state index contributed by atoms with van der Waals surface area (Å²) in [5.41, 5.74) is 4.14. The molecular formula is C24H22BrN3OS. The smallest absolute Gasteiger partial charge is 0.233 e. The van der Waals surface area contributed by atoms with Gasteiger partial charge in [0.15, 0.2) is 5.13 Å². The molecule has 0 N–H and O–H groups in total. The van der Waals surface area contributed by atoms with Gasteiger partial charge >= 0.3 is 0 Å². The maximum Gasteiger partial charge on any atom is 0.233 e. The Morgan fingerprint density at radius 1 is 1.10 bits per heavy atom. The number of carbonyl (C=O) groups is 1. The van der Waals surface area contributed by atoms with Crippen molar-refractivity contribution in [3.8, 4) is 0 Å². The Balaban J connectivity index is 1.64. The molecular weight excluding hydrogens is 458 g/mol. The molecule has 0 aliphatic heterocycles. The van der Waals surface area contributed by atoms with E-state index in [-0.39, 0.29) is 5.91 Å². The lowest BCUT2D eigenvalue weighted by Gasteiger charge is -2.20. The topological polar surface area (TPSA) is 46.1 Å². The number of anilines is 1. The third-order valence-corrected chi connectivity index (χ3v) is 6.47. The van der Waals surface area contributed by atoms with Crippen LogP contribution in [0.3, 0.4) is 0 Å². The SMILES string of the molecule is CC(C)c1ccc(CC(=O)N(Cc2cccnc2)c2nc3ccc(Br)cc3s2)cc1. The molecule has 0 atom stereocenters. The van der Waals surface area contributed by atoms with Gasteiger partial charge in [0.05, 0.1) is 23.2 Å². The Hall–Kier alpha value is -2.57. The molecule has 0 fully saturated rings. The Bertz CT molecular complexity index is 1160. The highest BCUT2D eigenvalue weighted by Crippen LogP contribution is 2.32. The van der Waals surface area contributed by atoms with Crippen LogP contribution in [0, 0.1) is 0 Å². The lowest BCUT2D eigenvalue weighted by atomic mass is 10.0. The average molecular weight is 480 g/mol. The van der Waals surface area contributed by atoms with Crippen LogP contribution in [0.5, 0.6) is 0 Å². The van der Waals surface area contributed by atoms with Crippen LogP contribution >= 0.6 is 27.3 Å². The molecule has 4 aromatic rings. The molecule has 4 rings (SSSR count). The fourth-order valence-electron chi connectivity index (χ4n) is 3.23. The second kappa shape index (κ2) is 9.06. The van der Waals surface area contributed by atoms with Gasteiger partial charge in [0.2, 0.25) is 5.91 Å². The summed E-state index contributed by atoms with van der Waals surface area (Å²) in [7, 11) is 0. The van der Waals surface area contributed by atoms with E-state index in [4.69, 9.17) is 4.98 Å². The number of hydrogen-bond acceptors (Lipinski definition) is 4. The normalized spacial score (nSPS) is 11.2. The molecule has 2 heterocycles. The number of carbonyl (C=O) groups excluding carboxylic acids is 1. The van der Waals surface area contributed by atoms with Gasteiger partial charge in [-0.1, -0.05) is 71.4 Å². The zero-order chi connectivity index (χ0) is 21.1. The van der Waals surface area contributed by atoms with Crippen LogP contribution in [-0.4, -0.2) is 15.9 Å². The number of aromatic nitrogens is 2. The van der Waals surface area contributed by atoms with Crippen LogP contribution in [0.25, 0.3) is 10.2 Å². The van der Waals surface area contributed by atoms with Crippen molar-refractivity contribution in [3.63, 3.8) is 0 Å². The standard InChI is InChI=1S/C24H22BrN3OS/c1-16(2)19-7-5-17(6-8-19)12-23(29)28(15-18-4-3-11-26-14-18)24-27-21-10-9-20(25)13-22(21)30-24/h3-11,13-14,16H,12,15H2,1-2H3. The number of nitrogens with zero attached hydrogens (tertiary/aromatic N) is 3. The summed E-state index contributed by atoms with van der Waals surface area (Å²) in [6.45, 7) is 4.78. The molecule has 0 aliphatic carbocycles. The predicted molar refractivity (Wildman–Crippen MR) is 127 cm³/mol. The minimum Gasteiger partial charge on any atom is -0.283 e. The summed E-state index contributed by atoms with van der Waals surface area (Å²) in [5, 5.41) is 0.704. The Labute approximate surface area is 188 Å². The van der Waals surface area contributed by atoms with E-state index in [1.807, 2.05) is 42.5 Å². The van der Waals surface area contributed by atoms with Gasteiger partial charge in [-0.3, -0.25) is 14.7 Å². The molecule has 0 saturated heterocycles. The number of fused-ring (bicyclic) bond motifs is 1. The number of halogens is 1. The van der Waals surface area contributed by atoms with E-state index in [9.17, 15) is 4.79 Å². The van der Waals surface area contributed by atoms with Crippen LogP contribution in [0.2, 0.25) is 0 Å². The van der Waals surface area contributed by atoms with Crippen LogP contribution in [0.1, 0.15) is 36.5 Å². The van der Waals surface area contributed by atoms with Crippen molar-refractivity contribution in [1.29, 1.82) is 0 Å². The number of thiazole rings is 1. The maximum absolute atomic E-state index is 13.3. The largest absolute Gasteiger partial charge is 0.283 e. The summed E-state index contributed by atoms with van der Waals surface area (Å²) in [6.07, 6.45) is 3.86. The molecule has 0 aliphatic rings. The molecule has 4 nitrogen and oxygen atoms in total. The summed E-state index contributed by atoms with van der Waals surface area (Å²) >= 11 is 5.04. The molecule has 6 heteroatoms. The van der Waals surface area contributed by atoms with E-state index in [0.717, 1.165) is 25.8 Å². The van der Waals surface area contributed by atoms with Gasteiger partial charge in [-0.15, -0.1) is 0 Å². The molecule has 2 aromatic carbocycles. The summed E-state index contributed by atoms with van der Waals surface area (Å²) < 4.78 is 2.05. The van der Waals surface area contributed by atoms with Crippen molar-refractivity contribution in [3.05, 3.63) is 88.2 Å². The number of hydrogen-bond donors (Lipinski definition) is 0. The third-order valence-electron chi connectivity index (χ3n) is 4.94. The minimum atomic E-state index is 0.0225. The van der Waals surface area contributed by atoms with Gasteiger partial charge in [0.1, 0.15) is 0 Å². The molecule has 2 aromatic heterocycles.